The van der Waals surface area contributed by atoms with Crippen molar-refractivity contribution in [1.29, 1.82) is 0 Å². The molecule has 5 nitrogen and oxygen atoms in total. The van der Waals surface area contributed by atoms with Gasteiger partial charge in [0.05, 0.1) is 7.11 Å². The van der Waals surface area contributed by atoms with E-state index in [1.165, 1.54) is 36.3 Å². The van der Waals surface area contributed by atoms with Crippen molar-refractivity contribution in [3.05, 3.63) is 57.8 Å². The van der Waals surface area contributed by atoms with Gasteiger partial charge in [0.25, 0.3) is 0 Å². The van der Waals surface area contributed by atoms with Gasteiger partial charge in [-0.1, -0.05) is 30.0 Å². The first-order chi connectivity index (χ1) is 13.5. The molecule has 1 fully saturated rings. The van der Waals surface area contributed by atoms with Crippen molar-refractivity contribution in [2.75, 3.05) is 20.2 Å². The third-order valence-corrected chi connectivity index (χ3v) is 6.41. The van der Waals surface area contributed by atoms with Gasteiger partial charge in [0, 0.05) is 42.4 Å². The maximum absolute atomic E-state index is 14.4. The fourth-order valence-corrected chi connectivity index (χ4v) is 4.84. The highest BCUT2D eigenvalue weighted by atomic mass is 32.2. The van der Waals surface area contributed by atoms with Crippen LogP contribution in [0.2, 0.25) is 0 Å². The molecule has 2 heterocycles. The molecule has 0 aliphatic carbocycles. The SMILES string of the molecule is COC(=O)C(c1ccccc1F)N1CCC(SC(C)=O)/C(=C/c2nccs2)C1. The summed E-state index contributed by atoms with van der Waals surface area (Å²) in [6, 6.07) is 5.41. The van der Waals surface area contributed by atoms with Gasteiger partial charge in [-0.05, 0) is 24.1 Å². The molecule has 0 amide bonds. The Morgan fingerprint density at radius 3 is 2.86 bits per heavy atom. The molecule has 1 saturated heterocycles. The van der Waals surface area contributed by atoms with Crippen LogP contribution in [0.25, 0.3) is 6.08 Å². The highest BCUT2D eigenvalue weighted by Gasteiger charge is 2.36. The zero-order valence-corrected chi connectivity index (χ0v) is 17.3. The lowest BCUT2D eigenvalue weighted by atomic mass is 9.98. The first-order valence-electron chi connectivity index (χ1n) is 8.83. The Morgan fingerprint density at radius 2 is 2.21 bits per heavy atom. The number of thioether (sulfide) groups is 1. The molecular formula is C20H21FN2O3S2. The summed E-state index contributed by atoms with van der Waals surface area (Å²) in [6.07, 6.45) is 4.36. The zero-order valence-electron chi connectivity index (χ0n) is 15.6. The summed E-state index contributed by atoms with van der Waals surface area (Å²) in [6.45, 7) is 2.53. The summed E-state index contributed by atoms with van der Waals surface area (Å²) in [5.41, 5.74) is 1.28. The third-order valence-electron chi connectivity index (χ3n) is 4.54. The molecule has 0 bridgehead atoms. The molecule has 148 valence electrons. The van der Waals surface area contributed by atoms with Crippen molar-refractivity contribution in [3.8, 4) is 0 Å². The average Bonchev–Trinajstić information content (AvgIpc) is 3.18. The fourth-order valence-electron chi connectivity index (χ4n) is 3.32. The molecule has 8 heteroatoms. The smallest absolute Gasteiger partial charge is 0.327 e. The lowest BCUT2D eigenvalue weighted by molar-refractivity contribution is -0.147. The van der Waals surface area contributed by atoms with E-state index in [1.54, 1.807) is 31.3 Å². The van der Waals surface area contributed by atoms with Crippen molar-refractivity contribution in [2.45, 2.75) is 24.6 Å². The average molecular weight is 421 g/mol. The minimum atomic E-state index is -0.839. The number of halogens is 1. The monoisotopic (exact) mass is 420 g/mol. The van der Waals surface area contributed by atoms with Gasteiger partial charge < -0.3 is 4.74 Å². The number of benzene rings is 1. The number of hydrogen-bond donors (Lipinski definition) is 0. The zero-order chi connectivity index (χ0) is 20.1. The Balaban J connectivity index is 1.93. The Kier molecular flexibility index (Phi) is 6.98. The van der Waals surface area contributed by atoms with Gasteiger partial charge in [-0.2, -0.15) is 0 Å². The molecule has 28 heavy (non-hydrogen) atoms. The van der Waals surface area contributed by atoms with E-state index in [4.69, 9.17) is 4.74 Å². The fraction of sp³-hybridized carbons (Fsp3) is 0.350. The Labute approximate surface area is 171 Å². The van der Waals surface area contributed by atoms with Gasteiger partial charge in [0.15, 0.2) is 5.12 Å². The standard InChI is InChI=1S/C20H21FN2O3S2/c1-13(24)28-17-7-9-23(12-14(17)11-18-22-8-10-27-18)19(20(25)26-2)15-5-3-4-6-16(15)21/h3-6,8,10-11,17,19H,7,9,12H2,1-2H3/b14-11+. The van der Waals surface area contributed by atoms with Crippen LogP contribution in [0.1, 0.15) is 30.0 Å². The topological polar surface area (TPSA) is 59.5 Å². The number of hydrogen-bond acceptors (Lipinski definition) is 7. The van der Waals surface area contributed by atoms with Crippen LogP contribution in [0.3, 0.4) is 0 Å². The van der Waals surface area contributed by atoms with Crippen LogP contribution in [0, 0.1) is 5.82 Å². The molecule has 0 radical (unpaired) electrons. The quantitative estimate of drug-likeness (QED) is 0.683. The van der Waals surface area contributed by atoms with E-state index in [0.717, 1.165) is 10.6 Å². The summed E-state index contributed by atoms with van der Waals surface area (Å²) in [5, 5.41) is 2.78. The number of piperidine rings is 1. The summed E-state index contributed by atoms with van der Waals surface area (Å²) in [4.78, 5) is 30.4. The maximum atomic E-state index is 14.4. The van der Waals surface area contributed by atoms with Gasteiger partial charge in [0.1, 0.15) is 16.9 Å². The Morgan fingerprint density at radius 1 is 1.43 bits per heavy atom. The number of thiazole rings is 1. The van der Waals surface area contributed by atoms with Crippen LogP contribution in [0.4, 0.5) is 4.39 Å². The number of rotatable bonds is 5. The van der Waals surface area contributed by atoms with Crippen molar-refractivity contribution < 1.29 is 18.7 Å². The van der Waals surface area contributed by atoms with Crippen molar-refractivity contribution in [3.63, 3.8) is 0 Å². The normalized spacial score (nSPS) is 20.1. The first kappa shape index (κ1) is 20.7. The number of carbonyl (C=O) groups is 2. The molecule has 2 unspecified atom stereocenters. The molecule has 1 aliphatic rings. The van der Waals surface area contributed by atoms with E-state index in [-0.39, 0.29) is 10.4 Å². The molecule has 2 aromatic rings. The molecule has 1 aromatic carbocycles. The summed E-state index contributed by atoms with van der Waals surface area (Å²) in [7, 11) is 1.31. The number of nitrogens with zero attached hydrogens (tertiary/aromatic N) is 2. The highest BCUT2D eigenvalue weighted by molar-refractivity contribution is 8.14. The predicted molar refractivity (Wildman–Crippen MR) is 109 cm³/mol. The van der Waals surface area contributed by atoms with Gasteiger partial charge >= 0.3 is 5.97 Å². The van der Waals surface area contributed by atoms with E-state index < -0.39 is 17.8 Å². The molecule has 0 saturated carbocycles. The van der Waals surface area contributed by atoms with Crippen LogP contribution in [-0.4, -0.2) is 46.4 Å². The number of esters is 1. The second-order valence-electron chi connectivity index (χ2n) is 6.39. The third kappa shape index (κ3) is 4.87. The molecule has 0 N–H and O–H groups in total. The van der Waals surface area contributed by atoms with E-state index in [2.05, 4.69) is 4.98 Å². The molecule has 1 aliphatic heterocycles. The van der Waals surface area contributed by atoms with Gasteiger partial charge in [-0.25, -0.2) is 14.2 Å². The van der Waals surface area contributed by atoms with Crippen molar-refractivity contribution in [1.82, 2.24) is 9.88 Å². The number of aromatic nitrogens is 1. The molecule has 3 rings (SSSR count). The Hall–Kier alpha value is -2.03. The second kappa shape index (κ2) is 9.45. The molecule has 1 aromatic heterocycles. The lowest BCUT2D eigenvalue weighted by Gasteiger charge is -2.37. The minimum Gasteiger partial charge on any atom is -0.468 e. The van der Waals surface area contributed by atoms with Gasteiger partial charge in [-0.15, -0.1) is 11.3 Å². The van der Waals surface area contributed by atoms with E-state index in [0.29, 0.717) is 25.1 Å². The number of ether oxygens (including phenoxy) is 1. The van der Waals surface area contributed by atoms with Crippen LogP contribution < -0.4 is 0 Å². The second-order valence-corrected chi connectivity index (χ2v) is 8.70. The summed E-state index contributed by atoms with van der Waals surface area (Å²) < 4.78 is 19.4. The molecular weight excluding hydrogens is 399 g/mol. The Bertz CT molecular complexity index is 870. The number of methoxy groups -OCH3 is 1. The number of carbonyl (C=O) groups excluding carboxylic acids is 2. The maximum Gasteiger partial charge on any atom is 0.327 e. The van der Waals surface area contributed by atoms with Gasteiger partial charge in [-0.3, -0.25) is 9.69 Å². The first-order valence-corrected chi connectivity index (χ1v) is 10.6. The van der Waals surface area contributed by atoms with Crippen LogP contribution in [0.5, 0.6) is 0 Å². The van der Waals surface area contributed by atoms with Crippen molar-refractivity contribution >= 4 is 40.3 Å². The van der Waals surface area contributed by atoms with Crippen LogP contribution in [-0.2, 0) is 14.3 Å². The molecule has 0 spiro atoms. The lowest BCUT2D eigenvalue weighted by Crippen LogP contribution is -2.43. The van der Waals surface area contributed by atoms with E-state index in [9.17, 15) is 14.0 Å². The van der Waals surface area contributed by atoms with Crippen molar-refractivity contribution in [2.24, 2.45) is 0 Å². The largest absolute Gasteiger partial charge is 0.468 e. The summed E-state index contributed by atoms with van der Waals surface area (Å²) in [5.74, 6) is -0.944. The minimum absolute atomic E-state index is 0.0107. The van der Waals surface area contributed by atoms with Crippen LogP contribution >= 0.6 is 23.1 Å². The van der Waals surface area contributed by atoms with E-state index in [1.807, 2.05) is 16.4 Å². The van der Waals surface area contributed by atoms with E-state index >= 15 is 0 Å². The molecule has 2 atom stereocenters. The number of likely N-dealkylation sites (tertiary alicyclic amines) is 1. The predicted octanol–water partition coefficient (Wildman–Crippen LogP) is 3.93. The van der Waals surface area contributed by atoms with Crippen LogP contribution in [0.15, 0.2) is 41.4 Å². The van der Waals surface area contributed by atoms with Gasteiger partial charge in [0.2, 0.25) is 0 Å². The summed E-state index contributed by atoms with van der Waals surface area (Å²) >= 11 is 2.79. The highest BCUT2D eigenvalue weighted by Crippen LogP contribution is 2.35.